The molecule has 16 heavy (non-hydrogen) atoms. The first-order valence-electron chi connectivity index (χ1n) is 4.92. The zero-order valence-corrected chi connectivity index (χ0v) is 11.7. The molecule has 6 heteroatoms. The van der Waals surface area contributed by atoms with Gasteiger partial charge < -0.3 is 5.11 Å². The summed E-state index contributed by atoms with van der Waals surface area (Å²) in [4.78, 5) is 0.275. The van der Waals surface area contributed by atoms with Gasteiger partial charge in [0.15, 0.2) is 0 Å². The van der Waals surface area contributed by atoms with E-state index in [-0.39, 0.29) is 11.5 Å². The van der Waals surface area contributed by atoms with Gasteiger partial charge in [-0.2, -0.15) is 0 Å². The van der Waals surface area contributed by atoms with Crippen molar-refractivity contribution >= 4 is 32.6 Å². The summed E-state index contributed by atoms with van der Waals surface area (Å²) < 4.78 is 26.9. The average Bonchev–Trinajstić information content (AvgIpc) is 2.25. The van der Waals surface area contributed by atoms with Gasteiger partial charge in [-0.15, -0.1) is 0 Å². The van der Waals surface area contributed by atoms with Gasteiger partial charge in [-0.3, -0.25) is 0 Å². The first-order valence-corrected chi connectivity index (χ1v) is 7.48. The van der Waals surface area contributed by atoms with Gasteiger partial charge in [0.05, 0.1) is 4.90 Å². The lowest BCUT2D eigenvalue weighted by molar-refractivity contribution is 0.285. The molecule has 4 nitrogen and oxygen atoms in total. The van der Waals surface area contributed by atoms with E-state index in [1.807, 2.05) is 0 Å². The number of unbranched alkanes of at least 4 members (excludes halogenated alkanes) is 1. The highest BCUT2D eigenvalue weighted by Gasteiger charge is 2.12. The van der Waals surface area contributed by atoms with Crippen LogP contribution in [0.15, 0.2) is 29.2 Å². The van der Waals surface area contributed by atoms with Crippen LogP contribution in [0.3, 0.4) is 0 Å². The second-order valence-electron chi connectivity index (χ2n) is 3.28. The van der Waals surface area contributed by atoms with Gasteiger partial charge in [0.25, 0.3) is 0 Å². The molecule has 0 aliphatic carbocycles. The third-order valence-corrected chi connectivity index (χ3v) is 4.20. The van der Waals surface area contributed by atoms with Crippen LogP contribution in [0.5, 0.6) is 0 Å². The molecule has 0 saturated heterocycles. The summed E-state index contributed by atoms with van der Waals surface area (Å²) >= 11 is 2.12. The highest BCUT2D eigenvalue weighted by Crippen LogP contribution is 2.11. The number of aliphatic hydroxyl groups is 1. The third-order valence-electron chi connectivity index (χ3n) is 2.00. The number of rotatable bonds is 6. The van der Waals surface area contributed by atoms with Crippen molar-refractivity contribution in [1.29, 1.82) is 0 Å². The number of hydrogen-bond acceptors (Lipinski definition) is 3. The fourth-order valence-electron chi connectivity index (χ4n) is 1.14. The predicted octanol–water partition coefficient (Wildman–Crippen LogP) is 1.34. The molecular formula is C10H14INO3S. The quantitative estimate of drug-likeness (QED) is 0.598. The Kier molecular flexibility index (Phi) is 5.67. The van der Waals surface area contributed by atoms with E-state index in [1.165, 1.54) is 0 Å². The zero-order chi connectivity index (χ0) is 12.0. The Bertz CT molecular complexity index is 416. The van der Waals surface area contributed by atoms with E-state index in [2.05, 4.69) is 27.3 Å². The molecule has 0 atom stereocenters. The third kappa shape index (κ3) is 4.36. The molecule has 0 radical (unpaired) electrons. The summed E-state index contributed by atoms with van der Waals surface area (Å²) in [7, 11) is -3.39. The van der Waals surface area contributed by atoms with E-state index in [0.717, 1.165) is 3.57 Å². The first-order chi connectivity index (χ1) is 7.56. The maximum absolute atomic E-state index is 11.7. The van der Waals surface area contributed by atoms with Crippen LogP contribution in [-0.4, -0.2) is 26.7 Å². The van der Waals surface area contributed by atoms with Gasteiger partial charge in [-0.05, 0) is 59.7 Å². The van der Waals surface area contributed by atoms with E-state index >= 15 is 0 Å². The maximum Gasteiger partial charge on any atom is 0.240 e. The van der Waals surface area contributed by atoms with Crippen LogP contribution in [0.25, 0.3) is 0 Å². The minimum absolute atomic E-state index is 0.0886. The van der Waals surface area contributed by atoms with Gasteiger partial charge in [0.1, 0.15) is 0 Å². The van der Waals surface area contributed by atoms with E-state index in [4.69, 9.17) is 5.11 Å². The molecule has 2 N–H and O–H groups in total. The van der Waals surface area contributed by atoms with Crippen molar-refractivity contribution in [1.82, 2.24) is 4.72 Å². The number of benzene rings is 1. The fraction of sp³-hybridized carbons (Fsp3) is 0.400. The highest BCUT2D eigenvalue weighted by molar-refractivity contribution is 14.1. The fourth-order valence-corrected chi connectivity index (χ4v) is 2.57. The predicted molar refractivity (Wildman–Crippen MR) is 70.7 cm³/mol. The highest BCUT2D eigenvalue weighted by atomic mass is 127. The zero-order valence-electron chi connectivity index (χ0n) is 8.69. The largest absolute Gasteiger partial charge is 0.396 e. The second-order valence-corrected chi connectivity index (χ2v) is 6.29. The van der Waals surface area contributed by atoms with Crippen molar-refractivity contribution in [2.24, 2.45) is 0 Å². The summed E-state index contributed by atoms with van der Waals surface area (Å²) in [6, 6.07) is 6.66. The molecule has 0 spiro atoms. The minimum Gasteiger partial charge on any atom is -0.396 e. The lowest BCUT2D eigenvalue weighted by Gasteiger charge is -2.06. The normalized spacial score (nSPS) is 11.6. The van der Waals surface area contributed by atoms with Crippen LogP contribution in [0.4, 0.5) is 0 Å². The Morgan fingerprint density at radius 3 is 2.38 bits per heavy atom. The van der Waals surface area contributed by atoms with Crippen LogP contribution in [0.2, 0.25) is 0 Å². The lowest BCUT2D eigenvalue weighted by atomic mass is 10.3. The van der Waals surface area contributed by atoms with Gasteiger partial charge in [0.2, 0.25) is 10.0 Å². The van der Waals surface area contributed by atoms with Gasteiger partial charge in [-0.25, -0.2) is 13.1 Å². The number of nitrogens with one attached hydrogen (secondary N) is 1. The smallest absolute Gasteiger partial charge is 0.240 e. The molecule has 0 unspecified atom stereocenters. The maximum atomic E-state index is 11.7. The molecular weight excluding hydrogens is 341 g/mol. The Morgan fingerprint density at radius 2 is 1.81 bits per heavy atom. The Labute approximate surface area is 109 Å². The number of halogens is 1. The van der Waals surface area contributed by atoms with Crippen LogP contribution in [0.1, 0.15) is 12.8 Å². The molecule has 0 heterocycles. The average molecular weight is 355 g/mol. The van der Waals surface area contributed by atoms with E-state index < -0.39 is 10.0 Å². The topological polar surface area (TPSA) is 66.4 Å². The standard InChI is InChI=1S/C10H14INO3S/c11-9-3-5-10(6-4-9)16(14,15)12-7-1-2-8-13/h3-6,12-13H,1-2,7-8H2. The molecule has 1 rings (SSSR count). The Morgan fingerprint density at radius 1 is 1.19 bits per heavy atom. The summed E-state index contributed by atoms with van der Waals surface area (Å²) in [5.41, 5.74) is 0. The number of sulfonamides is 1. The summed E-state index contributed by atoms with van der Waals surface area (Å²) in [5, 5.41) is 8.57. The van der Waals surface area contributed by atoms with Crippen LogP contribution in [-0.2, 0) is 10.0 Å². The molecule has 0 aliphatic heterocycles. The summed E-state index contributed by atoms with van der Waals surface area (Å²) in [6.45, 7) is 0.445. The molecule has 0 aliphatic rings. The van der Waals surface area contributed by atoms with Crippen molar-refractivity contribution in [3.63, 3.8) is 0 Å². The molecule has 0 amide bonds. The molecule has 0 aromatic heterocycles. The molecule has 0 saturated carbocycles. The Hall–Kier alpha value is -0.180. The minimum atomic E-state index is -3.39. The molecule has 90 valence electrons. The Balaban J connectivity index is 2.60. The van der Waals surface area contributed by atoms with Crippen LogP contribution < -0.4 is 4.72 Å². The lowest BCUT2D eigenvalue weighted by Crippen LogP contribution is -2.24. The SMILES string of the molecule is O=S(=O)(NCCCCO)c1ccc(I)cc1. The van der Waals surface area contributed by atoms with Gasteiger partial charge in [0, 0.05) is 16.7 Å². The number of hydrogen-bond donors (Lipinski definition) is 2. The van der Waals surface area contributed by atoms with E-state index in [9.17, 15) is 8.42 Å². The number of aliphatic hydroxyl groups excluding tert-OH is 1. The summed E-state index contributed by atoms with van der Waals surface area (Å²) in [5.74, 6) is 0. The van der Waals surface area contributed by atoms with Crippen molar-refractivity contribution in [2.45, 2.75) is 17.7 Å². The molecule has 0 fully saturated rings. The monoisotopic (exact) mass is 355 g/mol. The van der Waals surface area contributed by atoms with Crippen molar-refractivity contribution in [2.75, 3.05) is 13.2 Å². The molecule has 0 bridgehead atoms. The van der Waals surface area contributed by atoms with Crippen LogP contribution >= 0.6 is 22.6 Å². The van der Waals surface area contributed by atoms with Gasteiger partial charge in [-0.1, -0.05) is 0 Å². The van der Waals surface area contributed by atoms with Crippen molar-refractivity contribution in [3.05, 3.63) is 27.8 Å². The van der Waals surface area contributed by atoms with Crippen molar-refractivity contribution < 1.29 is 13.5 Å². The van der Waals surface area contributed by atoms with Crippen LogP contribution in [0, 0.1) is 3.57 Å². The van der Waals surface area contributed by atoms with Gasteiger partial charge >= 0.3 is 0 Å². The summed E-state index contributed by atoms with van der Waals surface area (Å²) in [6.07, 6.45) is 1.25. The van der Waals surface area contributed by atoms with Crippen molar-refractivity contribution in [3.8, 4) is 0 Å². The van der Waals surface area contributed by atoms with E-state index in [0.29, 0.717) is 19.4 Å². The molecule has 1 aromatic carbocycles. The van der Waals surface area contributed by atoms with E-state index in [1.54, 1.807) is 24.3 Å². The second kappa shape index (κ2) is 6.53. The molecule has 1 aromatic rings. The first kappa shape index (κ1) is 13.9.